The predicted octanol–water partition coefficient (Wildman–Crippen LogP) is 14.6. The topological polar surface area (TPSA) is 3.24 Å². The number of allylic oxidation sites excluding steroid dienone is 4. The molecule has 272 valence electrons. The Hall–Kier alpha value is -6.70. The summed E-state index contributed by atoms with van der Waals surface area (Å²) < 4.78 is 0. The molecule has 11 rings (SSSR count). The fourth-order valence-corrected chi connectivity index (χ4v) is 10.7. The first-order chi connectivity index (χ1) is 28.0. The lowest BCUT2D eigenvalue weighted by atomic mass is 9.48. The van der Waals surface area contributed by atoms with E-state index in [9.17, 15) is 0 Å². The molecule has 0 fully saturated rings. The Morgan fingerprint density at radius 3 is 1.72 bits per heavy atom. The summed E-state index contributed by atoms with van der Waals surface area (Å²) in [6, 6.07) is 69.7. The molecule has 0 amide bonds. The normalized spacial score (nSPS) is 19.5. The van der Waals surface area contributed by atoms with Crippen molar-refractivity contribution >= 4 is 27.8 Å². The summed E-state index contributed by atoms with van der Waals surface area (Å²) in [5, 5.41) is 2.46. The van der Waals surface area contributed by atoms with Crippen molar-refractivity contribution in [1.29, 1.82) is 0 Å². The Balaban J connectivity index is 0.976. The maximum Gasteiger partial charge on any atom is 0.0540 e. The van der Waals surface area contributed by atoms with Gasteiger partial charge in [-0.3, -0.25) is 0 Å². The molecule has 8 aromatic carbocycles. The molecule has 0 N–H and O–H groups in total. The highest BCUT2D eigenvalue weighted by atomic mass is 15.1. The Labute approximate surface area is 335 Å². The largest absolute Gasteiger partial charge is 0.310 e. The number of hydrogen-bond donors (Lipinski definition) is 0. The summed E-state index contributed by atoms with van der Waals surface area (Å²) >= 11 is 0. The molecule has 0 saturated heterocycles. The highest BCUT2D eigenvalue weighted by molar-refractivity contribution is 5.99. The number of rotatable bonds is 5. The highest BCUT2D eigenvalue weighted by Crippen LogP contribution is 2.65. The van der Waals surface area contributed by atoms with Crippen LogP contribution in [-0.2, 0) is 10.8 Å². The molecule has 3 atom stereocenters. The fraction of sp³-hybridized carbons (Fsp3) is 0.107. The first-order valence-corrected chi connectivity index (χ1v) is 20.3. The van der Waals surface area contributed by atoms with Crippen LogP contribution in [0.1, 0.15) is 36.1 Å². The third-order valence-corrected chi connectivity index (χ3v) is 13.3. The molecule has 3 aliphatic carbocycles. The van der Waals surface area contributed by atoms with Gasteiger partial charge in [-0.2, -0.15) is 0 Å². The number of benzene rings is 8. The van der Waals surface area contributed by atoms with Crippen molar-refractivity contribution in [3.8, 4) is 33.4 Å². The second kappa shape index (κ2) is 12.9. The van der Waals surface area contributed by atoms with E-state index < -0.39 is 0 Å². The molecule has 0 bridgehead atoms. The minimum absolute atomic E-state index is 0.00681. The third kappa shape index (κ3) is 5.02. The number of hydrogen-bond acceptors (Lipinski definition) is 1. The lowest BCUT2D eigenvalue weighted by molar-refractivity contribution is 0.219. The summed E-state index contributed by atoms with van der Waals surface area (Å²) in [5.74, 6) is 0.673. The molecule has 0 radical (unpaired) electrons. The van der Waals surface area contributed by atoms with Gasteiger partial charge in [0.2, 0.25) is 0 Å². The number of nitrogens with zero attached hydrogens (tertiary/aromatic N) is 1. The van der Waals surface area contributed by atoms with Gasteiger partial charge in [0.25, 0.3) is 0 Å². The average molecular weight is 730 g/mol. The number of para-hydroxylation sites is 1. The van der Waals surface area contributed by atoms with Gasteiger partial charge in [-0.25, -0.2) is 0 Å². The van der Waals surface area contributed by atoms with Crippen molar-refractivity contribution in [1.82, 2.24) is 0 Å². The Morgan fingerprint density at radius 2 is 0.947 bits per heavy atom. The molecule has 1 heteroatoms. The molecular weight excluding hydrogens is 687 g/mol. The van der Waals surface area contributed by atoms with Crippen molar-refractivity contribution < 1.29 is 0 Å². The van der Waals surface area contributed by atoms with Crippen LogP contribution in [0.3, 0.4) is 0 Å². The standard InChI is InChI=1S/C56H43N/c1-55(2)49-22-10-12-24-51(49)56(52-25-13-11-23-50(52)55)48-21-9-8-20-46(48)47-36-33-42(37-53(47)56)40-29-27-38(28-30-40)39-31-34-44(35-32-39)57(43-17-4-3-5-18-43)54-26-14-16-41-15-6-7-19-45(41)54/h3-37,49,51H,1-2H3. The molecule has 0 heterocycles. The monoisotopic (exact) mass is 729 g/mol. The van der Waals surface area contributed by atoms with E-state index in [1.54, 1.807) is 0 Å². The van der Waals surface area contributed by atoms with Gasteiger partial charge in [0, 0.05) is 22.7 Å². The summed E-state index contributed by atoms with van der Waals surface area (Å²) in [6.45, 7) is 4.88. The van der Waals surface area contributed by atoms with E-state index in [-0.39, 0.29) is 10.8 Å². The molecule has 0 aliphatic heterocycles. The van der Waals surface area contributed by atoms with Gasteiger partial charge >= 0.3 is 0 Å². The lowest BCUT2D eigenvalue weighted by Crippen LogP contribution is -2.51. The van der Waals surface area contributed by atoms with Crippen LogP contribution >= 0.6 is 0 Å². The Bertz CT molecular complexity index is 2870. The third-order valence-electron chi connectivity index (χ3n) is 13.3. The predicted molar refractivity (Wildman–Crippen MR) is 240 cm³/mol. The molecular formula is C56H43N. The van der Waals surface area contributed by atoms with E-state index in [1.807, 2.05) is 0 Å². The van der Waals surface area contributed by atoms with Crippen LogP contribution in [0, 0.1) is 11.8 Å². The van der Waals surface area contributed by atoms with Gasteiger partial charge in [-0.1, -0.05) is 190 Å². The van der Waals surface area contributed by atoms with Crippen molar-refractivity contribution in [2.75, 3.05) is 4.90 Å². The van der Waals surface area contributed by atoms with Gasteiger partial charge in [-0.15, -0.1) is 0 Å². The molecule has 0 saturated carbocycles. The van der Waals surface area contributed by atoms with E-state index in [0.717, 1.165) is 11.4 Å². The van der Waals surface area contributed by atoms with E-state index in [1.165, 1.54) is 72.1 Å². The minimum atomic E-state index is -0.276. The van der Waals surface area contributed by atoms with Gasteiger partial charge in [0.1, 0.15) is 0 Å². The van der Waals surface area contributed by atoms with Gasteiger partial charge in [0.15, 0.2) is 0 Å². The Kier molecular flexibility index (Phi) is 7.63. The maximum absolute atomic E-state index is 2.52. The summed E-state index contributed by atoms with van der Waals surface area (Å²) in [4.78, 5) is 2.36. The minimum Gasteiger partial charge on any atom is -0.310 e. The fourth-order valence-electron chi connectivity index (χ4n) is 10.7. The zero-order valence-corrected chi connectivity index (χ0v) is 32.3. The Morgan fingerprint density at radius 1 is 0.404 bits per heavy atom. The molecule has 1 spiro atoms. The van der Waals surface area contributed by atoms with Crippen LogP contribution in [0.25, 0.3) is 44.2 Å². The quantitative estimate of drug-likeness (QED) is 0.170. The van der Waals surface area contributed by atoms with Crippen LogP contribution in [-0.4, -0.2) is 0 Å². The molecule has 8 aromatic rings. The zero-order valence-electron chi connectivity index (χ0n) is 32.3. The number of anilines is 3. The van der Waals surface area contributed by atoms with E-state index in [4.69, 9.17) is 0 Å². The van der Waals surface area contributed by atoms with Gasteiger partial charge in [-0.05, 0) is 109 Å². The van der Waals surface area contributed by atoms with Gasteiger partial charge < -0.3 is 4.90 Å². The summed E-state index contributed by atoms with van der Waals surface area (Å²) in [7, 11) is 0. The number of fused-ring (bicyclic) bond motifs is 10. The second-order valence-electron chi connectivity index (χ2n) is 16.5. The van der Waals surface area contributed by atoms with Crippen LogP contribution in [0.5, 0.6) is 0 Å². The highest BCUT2D eigenvalue weighted by Gasteiger charge is 2.58. The van der Waals surface area contributed by atoms with E-state index in [2.05, 4.69) is 231 Å². The SMILES string of the molecule is CC1(C)c2ccccc2C2(c3ccccc3-c3ccc(-c4ccc(-c5ccc(N(c6ccccc6)c6cccc7ccccc67)cc5)cc4)cc32)C2C=CC=CC21. The van der Waals surface area contributed by atoms with Crippen LogP contribution in [0.15, 0.2) is 212 Å². The molecule has 0 aromatic heterocycles. The molecule has 3 unspecified atom stereocenters. The smallest absolute Gasteiger partial charge is 0.0540 e. The first-order valence-electron chi connectivity index (χ1n) is 20.3. The van der Waals surface area contributed by atoms with Crippen LogP contribution < -0.4 is 4.90 Å². The van der Waals surface area contributed by atoms with Crippen molar-refractivity contribution in [2.45, 2.75) is 24.7 Å². The molecule has 3 aliphatic rings. The van der Waals surface area contributed by atoms with E-state index in [0.29, 0.717) is 11.8 Å². The van der Waals surface area contributed by atoms with Crippen LogP contribution in [0.4, 0.5) is 17.1 Å². The van der Waals surface area contributed by atoms with Crippen molar-refractivity contribution in [3.05, 3.63) is 235 Å². The van der Waals surface area contributed by atoms with Crippen molar-refractivity contribution in [2.24, 2.45) is 11.8 Å². The lowest BCUT2D eigenvalue weighted by Gasteiger charge is -2.54. The van der Waals surface area contributed by atoms with E-state index >= 15 is 0 Å². The van der Waals surface area contributed by atoms with Crippen LogP contribution in [0.2, 0.25) is 0 Å². The van der Waals surface area contributed by atoms with Crippen molar-refractivity contribution in [3.63, 3.8) is 0 Å². The first kappa shape index (κ1) is 33.6. The summed E-state index contributed by atoms with van der Waals surface area (Å²) in [6.07, 6.45) is 9.52. The molecule has 57 heavy (non-hydrogen) atoms. The zero-order chi connectivity index (χ0) is 38.1. The molecule has 1 nitrogen and oxygen atoms in total. The second-order valence-corrected chi connectivity index (χ2v) is 16.5. The summed E-state index contributed by atoms with van der Waals surface area (Å²) in [5.41, 5.74) is 16.5. The average Bonchev–Trinajstić information content (AvgIpc) is 3.57. The van der Waals surface area contributed by atoms with Gasteiger partial charge in [0.05, 0.1) is 11.1 Å². The maximum atomic E-state index is 2.52.